The van der Waals surface area contributed by atoms with Gasteiger partial charge in [-0.3, -0.25) is 4.79 Å². The first-order valence-electron chi connectivity index (χ1n) is 5.81. The summed E-state index contributed by atoms with van der Waals surface area (Å²) in [5.74, 6) is 0.00228. The molecule has 1 N–H and O–H groups in total. The Bertz CT molecular complexity index is 433. The van der Waals surface area contributed by atoms with Gasteiger partial charge < -0.3 is 14.8 Å². The van der Waals surface area contributed by atoms with Crippen molar-refractivity contribution in [3.8, 4) is 5.75 Å². The van der Waals surface area contributed by atoms with Crippen LogP contribution in [0.15, 0.2) is 24.3 Å². The monoisotopic (exact) mass is 329 g/mol. The first-order chi connectivity index (χ1) is 9.06. The quantitative estimate of drug-likeness (QED) is 0.642. The summed E-state index contributed by atoms with van der Waals surface area (Å²) in [6, 6.07) is 6.77. The molecule has 0 saturated heterocycles. The van der Waals surface area contributed by atoms with E-state index in [2.05, 4.69) is 26.0 Å². The summed E-state index contributed by atoms with van der Waals surface area (Å²) in [6.45, 7) is 1.78. The highest BCUT2D eigenvalue weighted by molar-refractivity contribution is 9.10. The van der Waals surface area contributed by atoms with E-state index in [1.807, 2.05) is 6.92 Å². The third-order valence-electron chi connectivity index (χ3n) is 2.35. The van der Waals surface area contributed by atoms with E-state index in [4.69, 9.17) is 4.74 Å². The molecule has 5 nitrogen and oxygen atoms in total. The molecule has 0 aliphatic carbocycles. The fraction of sp³-hybridized carbons (Fsp3) is 0.385. The zero-order valence-corrected chi connectivity index (χ0v) is 12.4. The number of ether oxygens (including phenoxy) is 2. The van der Waals surface area contributed by atoms with Crippen LogP contribution in [0.5, 0.6) is 5.75 Å². The van der Waals surface area contributed by atoms with Crippen LogP contribution in [-0.2, 0) is 14.3 Å². The minimum absolute atomic E-state index is 0.0919. The Morgan fingerprint density at radius 3 is 2.47 bits per heavy atom. The summed E-state index contributed by atoms with van der Waals surface area (Å²) < 4.78 is 9.65. The second kappa shape index (κ2) is 7.78. The molecule has 1 atom stereocenters. The van der Waals surface area contributed by atoms with Crippen molar-refractivity contribution in [1.29, 1.82) is 0 Å². The highest BCUT2D eigenvalue weighted by Crippen LogP contribution is 2.17. The Labute approximate surface area is 120 Å². The average Bonchev–Trinajstić information content (AvgIpc) is 2.45. The van der Waals surface area contributed by atoms with E-state index in [9.17, 15) is 9.59 Å². The van der Waals surface area contributed by atoms with Crippen LogP contribution in [0.25, 0.3) is 0 Å². The summed E-state index contributed by atoms with van der Waals surface area (Å²) in [7, 11) is 1.30. The molecular weight excluding hydrogens is 314 g/mol. The van der Waals surface area contributed by atoms with Crippen molar-refractivity contribution >= 4 is 33.5 Å². The van der Waals surface area contributed by atoms with Crippen molar-refractivity contribution in [1.82, 2.24) is 0 Å². The van der Waals surface area contributed by atoms with Crippen LogP contribution in [0.4, 0.5) is 5.69 Å². The molecule has 19 heavy (non-hydrogen) atoms. The zero-order valence-electron chi connectivity index (χ0n) is 10.8. The fourth-order valence-electron chi connectivity index (χ4n) is 1.24. The highest BCUT2D eigenvalue weighted by Gasteiger charge is 2.12. The standard InChI is InChI=1S/C13H16BrNO4/c1-3-11(14)13(17)15-9-4-6-10(7-5-9)19-8-12(16)18-2/h4-7,11H,3,8H2,1-2H3,(H,15,17). The number of benzene rings is 1. The molecule has 1 rings (SSSR count). The molecule has 0 saturated carbocycles. The van der Waals surface area contributed by atoms with Crippen LogP contribution in [0.3, 0.4) is 0 Å². The van der Waals surface area contributed by atoms with Crippen LogP contribution in [0.2, 0.25) is 0 Å². The molecule has 1 unspecified atom stereocenters. The minimum atomic E-state index is -0.442. The minimum Gasteiger partial charge on any atom is -0.482 e. The smallest absolute Gasteiger partial charge is 0.343 e. The third kappa shape index (κ3) is 5.30. The van der Waals surface area contributed by atoms with E-state index < -0.39 is 5.97 Å². The van der Waals surface area contributed by atoms with Crippen molar-refractivity contribution < 1.29 is 19.1 Å². The normalized spacial score (nSPS) is 11.5. The summed E-state index contributed by atoms with van der Waals surface area (Å²) in [5, 5.41) is 2.76. The number of nitrogens with one attached hydrogen (secondary N) is 1. The maximum atomic E-state index is 11.6. The molecule has 0 aliphatic rings. The van der Waals surface area contributed by atoms with Gasteiger partial charge in [-0.25, -0.2) is 4.79 Å². The zero-order chi connectivity index (χ0) is 14.3. The van der Waals surface area contributed by atoms with Crippen LogP contribution in [0, 0.1) is 0 Å². The lowest BCUT2D eigenvalue weighted by Gasteiger charge is -2.09. The van der Waals surface area contributed by atoms with Gasteiger partial charge in [0.1, 0.15) is 5.75 Å². The largest absolute Gasteiger partial charge is 0.482 e. The number of amides is 1. The number of anilines is 1. The van der Waals surface area contributed by atoms with Crippen molar-refractivity contribution in [2.24, 2.45) is 0 Å². The van der Waals surface area contributed by atoms with Crippen LogP contribution in [-0.4, -0.2) is 30.4 Å². The summed E-state index contributed by atoms with van der Waals surface area (Å²) in [4.78, 5) is 22.3. The lowest BCUT2D eigenvalue weighted by molar-refractivity contribution is -0.142. The number of rotatable bonds is 6. The molecule has 0 aliphatic heterocycles. The molecule has 6 heteroatoms. The van der Waals surface area contributed by atoms with Gasteiger partial charge in [0.2, 0.25) is 5.91 Å². The second-order valence-corrected chi connectivity index (χ2v) is 4.86. The van der Waals surface area contributed by atoms with Gasteiger partial charge in [0.15, 0.2) is 6.61 Å². The van der Waals surface area contributed by atoms with Gasteiger partial charge in [0.25, 0.3) is 0 Å². The van der Waals surface area contributed by atoms with Crippen molar-refractivity contribution in [2.45, 2.75) is 18.2 Å². The van der Waals surface area contributed by atoms with E-state index in [0.717, 1.165) is 0 Å². The van der Waals surface area contributed by atoms with Crippen molar-refractivity contribution in [2.75, 3.05) is 19.0 Å². The van der Waals surface area contributed by atoms with Crippen molar-refractivity contribution in [3.63, 3.8) is 0 Å². The third-order valence-corrected chi connectivity index (χ3v) is 3.41. The number of carbonyl (C=O) groups is 2. The average molecular weight is 330 g/mol. The van der Waals surface area contributed by atoms with E-state index in [0.29, 0.717) is 17.9 Å². The lowest BCUT2D eigenvalue weighted by Crippen LogP contribution is -2.21. The molecule has 0 bridgehead atoms. The molecular formula is C13H16BrNO4. The van der Waals surface area contributed by atoms with Crippen molar-refractivity contribution in [3.05, 3.63) is 24.3 Å². The van der Waals surface area contributed by atoms with Crippen LogP contribution < -0.4 is 10.1 Å². The molecule has 0 radical (unpaired) electrons. The van der Waals surface area contributed by atoms with E-state index in [1.54, 1.807) is 24.3 Å². The molecule has 104 valence electrons. The highest BCUT2D eigenvalue weighted by atomic mass is 79.9. The van der Waals surface area contributed by atoms with Gasteiger partial charge in [-0.05, 0) is 30.7 Å². The Balaban J connectivity index is 2.52. The number of hydrogen-bond donors (Lipinski definition) is 1. The molecule has 0 aromatic heterocycles. The number of hydrogen-bond acceptors (Lipinski definition) is 4. The van der Waals surface area contributed by atoms with Gasteiger partial charge >= 0.3 is 5.97 Å². The summed E-state index contributed by atoms with van der Waals surface area (Å²) >= 11 is 3.27. The molecule has 0 fully saturated rings. The van der Waals surface area contributed by atoms with E-state index in [-0.39, 0.29) is 17.3 Å². The number of halogens is 1. The Morgan fingerprint density at radius 1 is 1.32 bits per heavy atom. The Hall–Kier alpha value is -1.56. The van der Waals surface area contributed by atoms with Gasteiger partial charge in [0.05, 0.1) is 11.9 Å². The number of carbonyl (C=O) groups excluding carboxylic acids is 2. The van der Waals surface area contributed by atoms with Crippen LogP contribution in [0.1, 0.15) is 13.3 Å². The number of methoxy groups -OCH3 is 1. The van der Waals surface area contributed by atoms with Gasteiger partial charge in [-0.2, -0.15) is 0 Å². The number of esters is 1. The van der Waals surface area contributed by atoms with E-state index >= 15 is 0 Å². The fourth-order valence-corrected chi connectivity index (χ4v) is 1.36. The molecule has 1 aromatic carbocycles. The Kier molecular flexibility index (Phi) is 6.35. The molecule has 0 spiro atoms. The summed E-state index contributed by atoms with van der Waals surface area (Å²) in [6.07, 6.45) is 0.714. The molecule has 0 heterocycles. The lowest BCUT2D eigenvalue weighted by atomic mass is 10.2. The van der Waals surface area contributed by atoms with Crippen LogP contribution >= 0.6 is 15.9 Å². The number of alkyl halides is 1. The predicted molar refractivity (Wildman–Crippen MR) is 75.6 cm³/mol. The van der Waals surface area contributed by atoms with Gasteiger partial charge in [0, 0.05) is 5.69 Å². The maximum Gasteiger partial charge on any atom is 0.343 e. The van der Waals surface area contributed by atoms with E-state index in [1.165, 1.54) is 7.11 Å². The maximum absolute atomic E-state index is 11.6. The summed E-state index contributed by atoms with van der Waals surface area (Å²) in [5.41, 5.74) is 0.674. The molecule has 1 aromatic rings. The van der Waals surface area contributed by atoms with Gasteiger partial charge in [-0.15, -0.1) is 0 Å². The topological polar surface area (TPSA) is 64.6 Å². The SMILES string of the molecule is CCC(Br)C(=O)Nc1ccc(OCC(=O)OC)cc1. The predicted octanol–water partition coefficient (Wildman–Crippen LogP) is 2.35. The second-order valence-electron chi connectivity index (χ2n) is 3.75. The van der Waals surface area contributed by atoms with Gasteiger partial charge in [-0.1, -0.05) is 22.9 Å². The Morgan fingerprint density at radius 2 is 1.95 bits per heavy atom. The molecule has 1 amide bonds. The first-order valence-corrected chi connectivity index (χ1v) is 6.73. The first kappa shape index (κ1) is 15.5.